The van der Waals surface area contributed by atoms with Crippen LogP contribution in [0.25, 0.3) is 0 Å². The van der Waals surface area contributed by atoms with E-state index in [2.05, 4.69) is 10.2 Å². The Hall–Kier alpha value is -1.21. The first-order chi connectivity index (χ1) is 7.25. The lowest BCUT2D eigenvalue weighted by Crippen LogP contribution is -2.41. The van der Waals surface area contributed by atoms with E-state index >= 15 is 0 Å². The van der Waals surface area contributed by atoms with Crippen LogP contribution in [0.5, 0.6) is 0 Å². The van der Waals surface area contributed by atoms with Gasteiger partial charge < -0.3 is 15.4 Å². The molecule has 1 amide bonds. The van der Waals surface area contributed by atoms with Crippen molar-refractivity contribution in [1.29, 1.82) is 0 Å². The molecular weight excluding hydrogens is 216 g/mol. The topological polar surface area (TPSA) is 81.3 Å². The normalized spacial score (nSPS) is 16.7. The molecule has 0 atom stereocenters. The van der Waals surface area contributed by atoms with Crippen LogP contribution in [0.2, 0.25) is 0 Å². The lowest BCUT2D eigenvalue weighted by molar-refractivity contribution is -0.134. The summed E-state index contributed by atoms with van der Waals surface area (Å²) in [6.07, 6.45) is 0.287. The molecule has 2 N–H and O–H groups in total. The number of nitrogens with zero attached hydrogens (tertiary/aromatic N) is 3. The first kappa shape index (κ1) is 10.3. The second-order valence-corrected chi connectivity index (χ2v) is 4.30. The Kier molecular flexibility index (Phi) is 3.12. The molecule has 1 aliphatic rings. The summed E-state index contributed by atoms with van der Waals surface area (Å²) in [6, 6.07) is 0. The molecule has 2 rings (SSSR count). The summed E-state index contributed by atoms with van der Waals surface area (Å²) in [6.45, 7) is 2.55. The van der Waals surface area contributed by atoms with Gasteiger partial charge in [-0.3, -0.25) is 4.79 Å². The van der Waals surface area contributed by atoms with Crippen molar-refractivity contribution < 1.29 is 9.53 Å². The highest BCUT2D eigenvalue weighted by Gasteiger charge is 2.18. The van der Waals surface area contributed by atoms with Gasteiger partial charge in [-0.25, -0.2) is 0 Å². The minimum Gasteiger partial charge on any atom is -0.378 e. The zero-order valence-corrected chi connectivity index (χ0v) is 9.00. The predicted octanol–water partition coefficient (Wildman–Crippen LogP) is -0.478. The van der Waals surface area contributed by atoms with Gasteiger partial charge in [0.25, 0.3) is 0 Å². The Bertz CT molecular complexity index is 348. The molecule has 0 bridgehead atoms. The molecule has 0 aromatic carbocycles. The second-order valence-electron chi connectivity index (χ2n) is 3.20. The molecule has 82 valence electrons. The molecule has 0 saturated carbocycles. The van der Waals surface area contributed by atoms with E-state index in [9.17, 15) is 4.79 Å². The zero-order chi connectivity index (χ0) is 10.7. The fourth-order valence-corrected chi connectivity index (χ4v) is 1.99. The number of anilines is 1. The van der Waals surface area contributed by atoms with Gasteiger partial charge in [-0.2, -0.15) is 0 Å². The van der Waals surface area contributed by atoms with E-state index in [1.54, 1.807) is 4.90 Å². The molecule has 0 radical (unpaired) electrons. The fourth-order valence-electron chi connectivity index (χ4n) is 1.39. The van der Waals surface area contributed by atoms with Crippen molar-refractivity contribution in [3.63, 3.8) is 0 Å². The van der Waals surface area contributed by atoms with Crippen LogP contribution < -0.4 is 5.73 Å². The summed E-state index contributed by atoms with van der Waals surface area (Å²) in [5.41, 5.74) is 5.43. The number of amides is 1. The van der Waals surface area contributed by atoms with Crippen LogP contribution in [-0.4, -0.2) is 47.3 Å². The lowest BCUT2D eigenvalue weighted by Gasteiger charge is -2.26. The fraction of sp³-hybridized carbons (Fsp3) is 0.625. The Labute approximate surface area is 91.0 Å². The molecule has 2 heterocycles. The molecule has 1 saturated heterocycles. The molecule has 1 aromatic heterocycles. The standard InChI is InChI=1S/C8H12N4O2S/c9-8-11-10-6(15-8)5-7(13)12-1-3-14-4-2-12/h1-5H2,(H2,9,11). The van der Waals surface area contributed by atoms with Crippen LogP contribution in [0.4, 0.5) is 5.13 Å². The third kappa shape index (κ3) is 2.63. The molecule has 1 fully saturated rings. The molecule has 0 aliphatic carbocycles. The number of hydrogen-bond acceptors (Lipinski definition) is 6. The summed E-state index contributed by atoms with van der Waals surface area (Å²) in [4.78, 5) is 13.5. The summed E-state index contributed by atoms with van der Waals surface area (Å²) in [5, 5.41) is 8.55. The quantitative estimate of drug-likeness (QED) is 0.739. The van der Waals surface area contributed by atoms with Crippen LogP contribution in [0.3, 0.4) is 0 Å². The van der Waals surface area contributed by atoms with Gasteiger partial charge in [0.05, 0.1) is 19.6 Å². The molecular formula is C8H12N4O2S. The number of nitrogens with two attached hydrogens (primary N) is 1. The van der Waals surface area contributed by atoms with Crippen molar-refractivity contribution in [3.05, 3.63) is 5.01 Å². The minimum absolute atomic E-state index is 0.0643. The number of carbonyl (C=O) groups is 1. The van der Waals surface area contributed by atoms with E-state index in [1.165, 1.54) is 11.3 Å². The molecule has 1 aromatic rings. The summed E-state index contributed by atoms with van der Waals surface area (Å²) < 4.78 is 5.16. The molecule has 7 heteroatoms. The number of ether oxygens (including phenoxy) is 1. The Morgan fingerprint density at radius 3 is 2.80 bits per heavy atom. The number of hydrogen-bond donors (Lipinski definition) is 1. The van der Waals surface area contributed by atoms with E-state index < -0.39 is 0 Å². The first-order valence-corrected chi connectivity index (χ1v) is 5.51. The van der Waals surface area contributed by atoms with Gasteiger partial charge in [0.15, 0.2) is 0 Å². The van der Waals surface area contributed by atoms with E-state index in [1.807, 2.05) is 0 Å². The number of morpholine rings is 1. The third-order valence-electron chi connectivity index (χ3n) is 2.15. The zero-order valence-electron chi connectivity index (χ0n) is 8.18. The second kappa shape index (κ2) is 4.54. The molecule has 0 unspecified atom stereocenters. The van der Waals surface area contributed by atoms with Crippen molar-refractivity contribution in [2.45, 2.75) is 6.42 Å². The van der Waals surface area contributed by atoms with Gasteiger partial charge in [0.2, 0.25) is 11.0 Å². The highest BCUT2D eigenvalue weighted by atomic mass is 32.1. The first-order valence-electron chi connectivity index (χ1n) is 4.69. The van der Waals surface area contributed by atoms with Crippen molar-refractivity contribution in [1.82, 2.24) is 15.1 Å². The number of nitrogen functional groups attached to an aromatic ring is 1. The van der Waals surface area contributed by atoms with Crippen molar-refractivity contribution >= 4 is 22.4 Å². The van der Waals surface area contributed by atoms with Crippen LogP contribution in [-0.2, 0) is 16.0 Å². The highest BCUT2D eigenvalue weighted by Crippen LogP contribution is 2.12. The van der Waals surface area contributed by atoms with E-state index in [0.29, 0.717) is 36.4 Å². The maximum atomic E-state index is 11.7. The van der Waals surface area contributed by atoms with Gasteiger partial charge in [-0.15, -0.1) is 10.2 Å². The summed E-state index contributed by atoms with van der Waals surface area (Å²) >= 11 is 1.26. The van der Waals surface area contributed by atoms with Gasteiger partial charge in [0.1, 0.15) is 5.01 Å². The molecule has 1 aliphatic heterocycles. The van der Waals surface area contributed by atoms with Gasteiger partial charge in [-0.05, 0) is 0 Å². The maximum Gasteiger partial charge on any atom is 0.229 e. The van der Waals surface area contributed by atoms with Crippen molar-refractivity contribution in [2.75, 3.05) is 32.0 Å². The van der Waals surface area contributed by atoms with E-state index in [0.717, 1.165) is 0 Å². The van der Waals surface area contributed by atoms with Crippen molar-refractivity contribution in [2.24, 2.45) is 0 Å². The Balaban J connectivity index is 1.91. The van der Waals surface area contributed by atoms with Gasteiger partial charge in [0, 0.05) is 13.1 Å². The monoisotopic (exact) mass is 228 g/mol. The highest BCUT2D eigenvalue weighted by molar-refractivity contribution is 7.15. The average Bonchev–Trinajstić information content (AvgIpc) is 2.65. The van der Waals surface area contributed by atoms with Crippen LogP contribution in [0, 0.1) is 0 Å². The van der Waals surface area contributed by atoms with Gasteiger partial charge in [-0.1, -0.05) is 11.3 Å². The summed E-state index contributed by atoms with van der Waals surface area (Å²) in [7, 11) is 0. The molecule has 6 nitrogen and oxygen atoms in total. The number of carbonyl (C=O) groups excluding carboxylic acids is 1. The van der Waals surface area contributed by atoms with Crippen LogP contribution >= 0.6 is 11.3 Å². The number of rotatable bonds is 2. The molecule has 15 heavy (non-hydrogen) atoms. The molecule has 0 spiro atoms. The third-order valence-corrected chi connectivity index (χ3v) is 2.90. The van der Waals surface area contributed by atoms with E-state index in [-0.39, 0.29) is 12.3 Å². The summed E-state index contributed by atoms with van der Waals surface area (Å²) in [5.74, 6) is 0.0643. The minimum atomic E-state index is 0.0643. The lowest BCUT2D eigenvalue weighted by atomic mass is 10.3. The van der Waals surface area contributed by atoms with Crippen molar-refractivity contribution in [3.8, 4) is 0 Å². The predicted molar refractivity (Wildman–Crippen MR) is 55.4 cm³/mol. The SMILES string of the molecule is Nc1nnc(CC(=O)N2CCOCC2)s1. The average molecular weight is 228 g/mol. The smallest absolute Gasteiger partial charge is 0.229 e. The Morgan fingerprint density at radius 1 is 1.47 bits per heavy atom. The number of aromatic nitrogens is 2. The largest absolute Gasteiger partial charge is 0.378 e. The van der Waals surface area contributed by atoms with Gasteiger partial charge >= 0.3 is 0 Å². The maximum absolute atomic E-state index is 11.7. The van der Waals surface area contributed by atoms with Crippen LogP contribution in [0.1, 0.15) is 5.01 Å². The van der Waals surface area contributed by atoms with E-state index in [4.69, 9.17) is 10.5 Å². The van der Waals surface area contributed by atoms with Crippen LogP contribution in [0.15, 0.2) is 0 Å². The Morgan fingerprint density at radius 2 is 2.20 bits per heavy atom.